The standard InChI is InChI=1S/C17H19Cl2N3OS/c1-11-4-2-3-7-22(11)10-13-9-20-17(24-13)21-16(23)14-6-5-12(18)8-15(14)19/h5-6,8-9,11H,2-4,7,10H2,1H3,(H,20,21,23). The average molecular weight is 384 g/mol. The average Bonchev–Trinajstić information content (AvgIpc) is 2.96. The molecule has 1 atom stereocenters. The van der Waals surface area contributed by atoms with E-state index in [1.807, 2.05) is 6.20 Å². The van der Waals surface area contributed by atoms with Crippen molar-refractivity contribution in [1.29, 1.82) is 0 Å². The molecule has 3 rings (SSSR count). The first-order valence-corrected chi connectivity index (χ1v) is 9.55. The Morgan fingerprint density at radius 3 is 3.00 bits per heavy atom. The van der Waals surface area contributed by atoms with Crippen LogP contribution in [0.25, 0.3) is 0 Å². The highest BCUT2D eigenvalue weighted by Crippen LogP contribution is 2.26. The molecule has 1 saturated heterocycles. The van der Waals surface area contributed by atoms with Gasteiger partial charge in [0.15, 0.2) is 5.13 Å². The van der Waals surface area contributed by atoms with Crippen molar-refractivity contribution in [2.24, 2.45) is 0 Å². The number of carbonyl (C=O) groups is 1. The summed E-state index contributed by atoms with van der Waals surface area (Å²) in [4.78, 5) is 20.3. The van der Waals surface area contributed by atoms with Crippen LogP contribution in [0.3, 0.4) is 0 Å². The second-order valence-corrected chi connectivity index (χ2v) is 7.98. The Bertz CT molecular complexity index is 734. The van der Waals surface area contributed by atoms with E-state index in [4.69, 9.17) is 23.2 Å². The normalized spacial score (nSPS) is 18.5. The molecule has 0 spiro atoms. The minimum absolute atomic E-state index is 0.274. The van der Waals surface area contributed by atoms with Crippen LogP contribution in [0.4, 0.5) is 5.13 Å². The lowest BCUT2D eigenvalue weighted by molar-refractivity contribution is 0.102. The summed E-state index contributed by atoms with van der Waals surface area (Å²) in [5, 5.41) is 4.23. The molecule has 1 aliphatic heterocycles. The molecule has 0 bridgehead atoms. The Kier molecular flexibility index (Phi) is 5.76. The fourth-order valence-corrected chi connectivity index (χ4v) is 4.20. The summed E-state index contributed by atoms with van der Waals surface area (Å²) < 4.78 is 0. The van der Waals surface area contributed by atoms with Crippen molar-refractivity contribution in [2.45, 2.75) is 38.8 Å². The smallest absolute Gasteiger partial charge is 0.258 e. The van der Waals surface area contributed by atoms with Gasteiger partial charge < -0.3 is 0 Å². The number of piperidine rings is 1. The maximum Gasteiger partial charge on any atom is 0.258 e. The molecule has 7 heteroatoms. The highest BCUT2D eigenvalue weighted by atomic mass is 35.5. The zero-order chi connectivity index (χ0) is 17.1. The summed E-state index contributed by atoms with van der Waals surface area (Å²) in [6, 6.07) is 5.42. The van der Waals surface area contributed by atoms with Gasteiger partial charge in [-0.2, -0.15) is 0 Å². The van der Waals surface area contributed by atoms with E-state index in [1.54, 1.807) is 18.2 Å². The molecule has 1 aliphatic rings. The van der Waals surface area contributed by atoms with Gasteiger partial charge in [-0.15, -0.1) is 11.3 Å². The van der Waals surface area contributed by atoms with Crippen LogP contribution >= 0.6 is 34.5 Å². The number of nitrogens with one attached hydrogen (secondary N) is 1. The van der Waals surface area contributed by atoms with E-state index >= 15 is 0 Å². The molecule has 1 aromatic heterocycles. The fourth-order valence-electron chi connectivity index (χ4n) is 2.87. The van der Waals surface area contributed by atoms with E-state index in [0.29, 0.717) is 26.8 Å². The number of carbonyl (C=O) groups excluding carboxylic acids is 1. The van der Waals surface area contributed by atoms with E-state index in [1.165, 1.54) is 30.6 Å². The van der Waals surface area contributed by atoms with Crippen LogP contribution in [0.15, 0.2) is 24.4 Å². The topological polar surface area (TPSA) is 45.2 Å². The first kappa shape index (κ1) is 17.7. The van der Waals surface area contributed by atoms with E-state index in [2.05, 4.69) is 22.1 Å². The predicted molar refractivity (Wildman–Crippen MR) is 100 cm³/mol. The molecular formula is C17H19Cl2N3OS. The van der Waals surface area contributed by atoms with Crippen molar-refractivity contribution in [3.05, 3.63) is 44.9 Å². The molecule has 24 heavy (non-hydrogen) atoms. The van der Waals surface area contributed by atoms with Gasteiger partial charge in [-0.25, -0.2) is 4.98 Å². The minimum Gasteiger partial charge on any atom is -0.298 e. The highest BCUT2D eigenvalue weighted by molar-refractivity contribution is 7.15. The Hall–Kier alpha value is -1.14. The maximum atomic E-state index is 12.3. The first-order valence-electron chi connectivity index (χ1n) is 7.98. The van der Waals surface area contributed by atoms with E-state index in [9.17, 15) is 4.79 Å². The first-order chi connectivity index (χ1) is 11.5. The summed E-state index contributed by atoms with van der Waals surface area (Å²) in [5.74, 6) is -0.274. The van der Waals surface area contributed by atoms with E-state index in [-0.39, 0.29) is 5.91 Å². The molecule has 0 saturated carbocycles. The lowest BCUT2D eigenvalue weighted by Gasteiger charge is -2.32. The number of rotatable bonds is 4. The molecule has 1 aromatic carbocycles. The van der Waals surface area contributed by atoms with E-state index in [0.717, 1.165) is 18.0 Å². The molecule has 1 fully saturated rings. The Morgan fingerprint density at radius 1 is 1.42 bits per heavy atom. The predicted octanol–water partition coefficient (Wildman–Crippen LogP) is 5.08. The van der Waals surface area contributed by atoms with Gasteiger partial charge in [-0.05, 0) is 44.5 Å². The van der Waals surface area contributed by atoms with Gasteiger partial charge in [0.25, 0.3) is 5.91 Å². The van der Waals surface area contributed by atoms with E-state index < -0.39 is 0 Å². The monoisotopic (exact) mass is 383 g/mol. The van der Waals surface area contributed by atoms with Gasteiger partial charge in [0.2, 0.25) is 0 Å². The third-order valence-corrected chi connectivity index (χ3v) is 5.69. The zero-order valence-corrected chi connectivity index (χ0v) is 15.7. The number of anilines is 1. The minimum atomic E-state index is -0.274. The van der Waals surface area contributed by atoms with Crippen molar-refractivity contribution in [3.8, 4) is 0 Å². The number of aromatic nitrogens is 1. The number of likely N-dealkylation sites (tertiary alicyclic amines) is 1. The molecule has 4 nitrogen and oxygen atoms in total. The van der Waals surface area contributed by atoms with Crippen molar-refractivity contribution in [2.75, 3.05) is 11.9 Å². The van der Waals surface area contributed by atoms with Crippen LogP contribution in [0.1, 0.15) is 41.4 Å². The summed E-state index contributed by atoms with van der Waals surface area (Å²) in [6.45, 7) is 4.28. The van der Waals surface area contributed by atoms with Crippen LogP contribution in [0.5, 0.6) is 0 Å². The molecule has 1 unspecified atom stereocenters. The molecule has 2 heterocycles. The largest absolute Gasteiger partial charge is 0.298 e. The van der Waals surface area contributed by atoms with Crippen molar-refractivity contribution >= 4 is 45.6 Å². The summed E-state index contributed by atoms with van der Waals surface area (Å²) in [5.41, 5.74) is 0.391. The Morgan fingerprint density at radius 2 is 2.25 bits per heavy atom. The van der Waals surface area contributed by atoms with Gasteiger partial charge in [0.05, 0.1) is 10.6 Å². The number of amides is 1. The number of nitrogens with zero attached hydrogens (tertiary/aromatic N) is 2. The molecule has 1 amide bonds. The van der Waals surface area contributed by atoms with Crippen LogP contribution in [-0.4, -0.2) is 28.4 Å². The molecule has 2 aromatic rings. The quantitative estimate of drug-likeness (QED) is 0.800. The third-order valence-electron chi connectivity index (χ3n) is 4.25. The second-order valence-electron chi connectivity index (χ2n) is 6.03. The lowest BCUT2D eigenvalue weighted by Crippen LogP contribution is -2.36. The SMILES string of the molecule is CC1CCCCN1Cc1cnc(NC(=O)c2ccc(Cl)cc2Cl)s1. The summed E-state index contributed by atoms with van der Waals surface area (Å²) in [6.07, 6.45) is 5.65. The highest BCUT2D eigenvalue weighted by Gasteiger charge is 2.19. The number of thiazole rings is 1. The molecule has 128 valence electrons. The second kappa shape index (κ2) is 7.83. The van der Waals surface area contributed by atoms with Crippen LogP contribution in [0.2, 0.25) is 10.0 Å². The van der Waals surface area contributed by atoms with Gasteiger partial charge in [0.1, 0.15) is 0 Å². The number of halogens is 2. The Balaban J connectivity index is 1.64. The van der Waals surface area contributed by atoms with Gasteiger partial charge >= 0.3 is 0 Å². The van der Waals surface area contributed by atoms with Gasteiger partial charge in [0, 0.05) is 28.7 Å². The summed E-state index contributed by atoms with van der Waals surface area (Å²) >= 11 is 13.4. The van der Waals surface area contributed by atoms with Crippen molar-refractivity contribution in [3.63, 3.8) is 0 Å². The molecular weight excluding hydrogens is 365 g/mol. The number of hydrogen-bond donors (Lipinski definition) is 1. The van der Waals surface area contributed by atoms with Crippen molar-refractivity contribution in [1.82, 2.24) is 9.88 Å². The Labute approximate surface area is 155 Å². The van der Waals surface area contributed by atoms with Gasteiger partial charge in [-0.3, -0.25) is 15.0 Å². The van der Waals surface area contributed by atoms with Crippen LogP contribution in [0, 0.1) is 0 Å². The van der Waals surface area contributed by atoms with Crippen LogP contribution < -0.4 is 5.32 Å². The van der Waals surface area contributed by atoms with Crippen molar-refractivity contribution < 1.29 is 4.79 Å². The molecule has 1 N–H and O–H groups in total. The molecule has 0 aliphatic carbocycles. The number of hydrogen-bond acceptors (Lipinski definition) is 4. The lowest BCUT2D eigenvalue weighted by atomic mass is 10.0. The third kappa shape index (κ3) is 4.28. The zero-order valence-electron chi connectivity index (χ0n) is 13.4. The summed E-state index contributed by atoms with van der Waals surface area (Å²) in [7, 11) is 0. The number of benzene rings is 1. The molecule has 0 radical (unpaired) electrons. The fraction of sp³-hybridized carbons (Fsp3) is 0.412. The van der Waals surface area contributed by atoms with Gasteiger partial charge in [-0.1, -0.05) is 29.6 Å². The van der Waals surface area contributed by atoms with Crippen LogP contribution in [-0.2, 0) is 6.54 Å². The maximum absolute atomic E-state index is 12.3.